The van der Waals surface area contributed by atoms with Gasteiger partial charge in [-0.3, -0.25) is 24.5 Å². The molecule has 0 unspecified atom stereocenters. The Kier molecular flexibility index (Phi) is 10.0. The van der Waals surface area contributed by atoms with Gasteiger partial charge >= 0.3 is 18.1 Å². The van der Waals surface area contributed by atoms with Crippen molar-refractivity contribution < 1.29 is 23.9 Å². The molecule has 1 atom stereocenters. The Labute approximate surface area is 216 Å². The number of nitrogens with one attached hydrogen (secondary N) is 3. The Hall–Kier alpha value is -3.67. The number of amides is 2. The number of nitrogens with zero attached hydrogens (tertiary/aromatic N) is 2. The Bertz CT molecular complexity index is 1150. The van der Waals surface area contributed by atoms with Crippen LogP contribution in [0, 0.1) is 6.92 Å². The number of alkyl carbamates (subject to hydrolysis) is 1. The molecule has 2 rings (SSSR count). The SMILES string of the molecule is Cc1cc(=O)[nH]c(NC(=O)n2ccc(CC(C)(C)OC(=O)[C@@H](N)CCCCNC(=O)OC(C)(C)C)c2)n1. The highest BCUT2D eigenvalue weighted by Crippen LogP contribution is 2.19. The molecule has 0 aliphatic carbocycles. The predicted octanol–water partition coefficient (Wildman–Crippen LogP) is 2.85. The second kappa shape index (κ2) is 12.5. The molecule has 204 valence electrons. The molecule has 2 aromatic rings. The molecular weight excluding hydrogens is 480 g/mol. The molecule has 0 bridgehead atoms. The van der Waals surface area contributed by atoms with Gasteiger partial charge in [-0.05, 0) is 72.4 Å². The molecule has 2 aromatic heterocycles. The number of esters is 1. The smallest absolute Gasteiger partial charge is 0.407 e. The average Bonchev–Trinajstić information content (AvgIpc) is 3.18. The summed E-state index contributed by atoms with van der Waals surface area (Å²) in [5.74, 6) is -0.467. The standard InChI is InChI=1S/C25H38N6O6/c1-16-13-19(32)29-21(28-16)30-22(34)31-12-10-17(15-31)14-25(5,6)36-20(33)18(26)9-7-8-11-27-23(35)37-24(2,3)4/h10,12-13,15,18H,7-9,11,14,26H2,1-6H3,(H,27,35)(H2,28,29,30,32,34)/t18-/m0/s1. The summed E-state index contributed by atoms with van der Waals surface area (Å²) in [5.41, 5.74) is 5.46. The minimum absolute atomic E-state index is 0.0501. The number of hydrogen-bond acceptors (Lipinski definition) is 8. The van der Waals surface area contributed by atoms with Crippen molar-refractivity contribution in [2.24, 2.45) is 5.73 Å². The van der Waals surface area contributed by atoms with Crippen LogP contribution < -0.4 is 21.9 Å². The highest BCUT2D eigenvalue weighted by atomic mass is 16.6. The summed E-state index contributed by atoms with van der Waals surface area (Å²) in [6.45, 7) is 11.0. The molecule has 0 aliphatic rings. The highest BCUT2D eigenvalue weighted by Gasteiger charge is 2.27. The Morgan fingerprint density at radius 2 is 1.86 bits per heavy atom. The maximum Gasteiger partial charge on any atom is 0.407 e. The van der Waals surface area contributed by atoms with E-state index in [-0.39, 0.29) is 11.5 Å². The first-order valence-electron chi connectivity index (χ1n) is 12.1. The average molecular weight is 519 g/mol. The van der Waals surface area contributed by atoms with E-state index in [1.807, 2.05) is 0 Å². The van der Waals surface area contributed by atoms with Gasteiger partial charge in [-0.1, -0.05) is 0 Å². The van der Waals surface area contributed by atoms with E-state index in [1.54, 1.807) is 60.0 Å². The van der Waals surface area contributed by atoms with Gasteiger partial charge < -0.3 is 20.5 Å². The molecule has 2 heterocycles. The molecule has 0 spiro atoms. The molecule has 0 fully saturated rings. The monoisotopic (exact) mass is 518 g/mol. The second-order valence-electron chi connectivity index (χ2n) is 10.5. The summed E-state index contributed by atoms with van der Waals surface area (Å²) in [4.78, 5) is 54.7. The fraction of sp³-hybridized carbons (Fsp3) is 0.560. The third-order valence-electron chi connectivity index (χ3n) is 5.00. The Balaban J connectivity index is 1.78. The zero-order valence-corrected chi connectivity index (χ0v) is 22.3. The van der Waals surface area contributed by atoms with Crippen molar-refractivity contribution in [3.63, 3.8) is 0 Å². The van der Waals surface area contributed by atoms with Gasteiger partial charge in [0.1, 0.15) is 17.2 Å². The molecule has 12 nitrogen and oxygen atoms in total. The molecule has 12 heteroatoms. The number of H-pyrrole nitrogens is 1. The van der Waals surface area contributed by atoms with Crippen molar-refractivity contribution >= 4 is 24.0 Å². The van der Waals surface area contributed by atoms with E-state index in [0.717, 1.165) is 5.56 Å². The van der Waals surface area contributed by atoms with E-state index in [0.29, 0.717) is 37.9 Å². The maximum atomic E-state index is 12.5. The summed E-state index contributed by atoms with van der Waals surface area (Å²) >= 11 is 0. The van der Waals surface area contributed by atoms with Gasteiger partial charge in [-0.2, -0.15) is 0 Å². The van der Waals surface area contributed by atoms with Crippen LogP contribution in [-0.2, 0) is 20.7 Å². The van der Waals surface area contributed by atoms with E-state index < -0.39 is 35.3 Å². The molecule has 0 aromatic carbocycles. The normalized spacial score (nSPS) is 12.5. The zero-order valence-electron chi connectivity index (χ0n) is 22.3. The quantitative estimate of drug-likeness (QED) is 0.275. The number of unbranched alkanes of at least 4 members (excludes halogenated alkanes) is 1. The van der Waals surface area contributed by atoms with Gasteiger partial charge in [0.2, 0.25) is 5.95 Å². The van der Waals surface area contributed by atoms with E-state index in [1.165, 1.54) is 10.6 Å². The van der Waals surface area contributed by atoms with Gasteiger partial charge in [0.05, 0.1) is 0 Å². The summed E-state index contributed by atoms with van der Waals surface area (Å²) in [6, 6.07) is 1.76. The maximum absolute atomic E-state index is 12.5. The topological polar surface area (TPSA) is 170 Å². The summed E-state index contributed by atoms with van der Waals surface area (Å²) in [6.07, 6.45) is 4.73. The van der Waals surface area contributed by atoms with Crippen LogP contribution >= 0.6 is 0 Å². The lowest BCUT2D eigenvalue weighted by Crippen LogP contribution is -2.39. The van der Waals surface area contributed by atoms with Crippen molar-refractivity contribution in [2.75, 3.05) is 11.9 Å². The molecule has 2 amide bonds. The second-order valence-corrected chi connectivity index (χ2v) is 10.5. The number of carbonyl (C=O) groups is 3. The number of ether oxygens (including phenoxy) is 2. The highest BCUT2D eigenvalue weighted by molar-refractivity contribution is 5.89. The first kappa shape index (κ1) is 29.6. The number of aryl methyl sites for hydroxylation is 1. The van der Waals surface area contributed by atoms with Gasteiger partial charge in [-0.15, -0.1) is 0 Å². The van der Waals surface area contributed by atoms with Gasteiger partial charge in [-0.25, -0.2) is 14.6 Å². The van der Waals surface area contributed by atoms with E-state index >= 15 is 0 Å². The van der Waals surface area contributed by atoms with Crippen LogP contribution in [0.1, 0.15) is 65.1 Å². The molecule has 5 N–H and O–H groups in total. The first-order valence-corrected chi connectivity index (χ1v) is 12.1. The lowest BCUT2D eigenvalue weighted by atomic mass is 10.00. The lowest BCUT2D eigenvalue weighted by molar-refractivity contribution is -0.158. The van der Waals surface area contributed by atoms with Gasteiger partial charge in [0.15, 0.2) is 0 Å². The number of aromatic amines is 1. The van der Waals surface area contributed by atoms with Crippen molar-refractivity contribution in [3.8, 4) is 0 Å². The van der Waals surface area contributed by atoms with Crippen LogP contribution in [0.15, 0.2) is 29.3 Å². The van der Waals surface area contributed by atoms with Crippen molar-refractivity contribution in [3.05, 3.63) is 46.1 Å². The predicted molar refractivity (Wildman–Crippen MR) is 138 cm³/mol. The van der Waals surface area contributed by atoms with Crippen LogP contribution in [0.2, 0.25) is 0 Å². The molecule has 37 heavy (non-hydrogen) atoms. The van der Waals surface area contributed by atoms with Crippen LogP contribution in [0.5, 0.6) is 0 Å². The lowest BCUT2D eigenvalue weighted by Gasteiger charge is -2.26. The fourth-order valence-corrected chi connectivity index (χ4v) is 3.46. The number of carbonyl (C=O) groups excluding carboxylic acids is 3. The zero-order chi connectivity index (χ0) is 27.8. The minimum atomic E-state index is -0.862. The van der Waals surface area contributed by atoms with Crippen LogP contribution in [0.3, 0.4) is 0 Å². The summed E-state index contributed by atoms with van der Waals surface area (Å²) in [5, 5.41) is 5.20. The summed E-state index contributed by atoms with van der Waals surface area (Å²) in [7, 11) is 0. The van der Waals surface area contributed by atoms with Crippen molar-refractivity contribution in [1.82, 2.24) is 19.9 Å². The van der Waals surface area contributed by atoms with Crippen LogP contribution in [0.4, 0.5) is 15.5 Å². The Morgan fingerprint density at radius 1 is 1.16 bits per heavy atom. The van der Waals surface area contributed by atoms with Crippen LogP contribution in [0.25, 0.3) is 0 Å². The van der Waals surface area contributed by atoms with Crippen molar-refractivity contribution in [1.29, 1.82) is 0 Å². The fourth-order valence-electron chi connectivity index (χ4n) is 3.46. The largest absolute Gasteiger partial charge is 0.458 e. The number of nitrogens with two attached hydrogens (primary N) is 1. The van der Waals surface area contributed by atoms with Crippen LogP contribution in [-0.4, -0.2) is 56.4 Å². The molecule has 0 saturated heterocycles. The summed E-state index contributed by atoms with van der Waals surface area (Å²) < 4.78 is 12.1. The third-order valence-corrected chi connectivity index (χ3v) is 5.00. The minimum Gasteiger partial charge on any atom is -0.458 e. The third kappa shape index (κ3) is 10.9. The number of hydrogen-bond donors (Lipinski definition) is 4. The van der Waals surface area contributed by atoms with Gasteiger partial charge in [0.25, 0.3) is 5.56 Å². The number of aromatic nitrogens is 3. The number of rotatable bonds is 10. The molecular formula is C25H38N6O6. The Morgan fingerprint density at radius 3 is 2.51 bits per heavy atom. The molecule has 0 saturated carbocycles. The molecule has 0 aliphatic heterocycles. The van der Waals surface area contributed by atoms with Crippen molar-refractivity contribution in [2.45, 2.75) is 84.5 Å². The van der Waals surface area contributed by atoms with E-state index in [9.17, 15) is 19.2 Å². The number of anilines is 1. The van der Waals surface area contributed by atoms with E-state index in [4.69, 9.17) is 15.2 Å². The molecule has 0 radical (unpaired) electrons. The first-order chi connectivity index (χ1) is 17.1. The van der Waals surface area contributed by atoms with Gasteiger partial charge in [0, 0.05) is 37.1 Å². The van der Waals surface area contributed by atoms with E-state index in [2.05, 4.69) is 20.6 Å².